The van der Waals surface area contributed by atoms with Gasteiger partial charge >= 0.3 is 0 Å². The van der Waals surface area contributed by atoms with E-state index < -0.39 is 0 Å². The van der Waals surface area contributed by atoms with Crippen molar-refractivity contribution in [1.29, 1.82) is 0 Å². The molecule has 2 fully saturated rings. The van der Waals surface area contributed by atoms with Crippen LogP contribution in [0.1, 0.15) is 92.9 Å². The number of rotatable bonds is 2. The maximum absolute atomic E-state index is 2.40. The summed E-state index contributed by atoms with van der Waals surface area (Å²) in [6.07, 6.45) is 11.8. The van der Waals surface area contributed by atoms with Crippen LogP contribution in [-0.4, -0.2) is 0 Å². The molecule has 0 aromatic carbocycles. The van der Waals surface area contributed by atoms with Gasteiger partial charge in [0.15, 0.2) is 0 Å². The molecule has 2 unspecified atom stereocenters. The fraction of sp³-hybridized carbons (Fsp3) is 1.00. The number of hydrogen-bond donors (Lipinski definition) is 0. The van der Waals surface area contributed by atoms with Crippen LogP contribution in [-0.2, 0) is 0 Å². The molecule has 0 bridgehead atoms. The highest BCUT2D eigenvalue weighted by molar-refractivity contribution is 4.73. The molecule has 4 atom stereocenters. The first-order valence-electron chi connectivity index (χ1n) is 9.40. The lowest BCUT2D eigenvalue weighted by molar-refractivity contribution is 0.226. The van der Waals surface area contributed by atoms with Crippen molar-refractivity contribution in [3.8, 4) is 0 Å². The molecule has 0 heterocycles. The highest BCUT2D eigenvalue weighted by atomic mass is 14.3. The molecular weight excluding hydrogens is 240 g/mol. The molecule has 20 heavy (non-hydrogen) atoms. The third-order valence-corrected chi connectivity index (χ3v) is 5.84. The van der Waals surface area contributed by atoms with Gasteiger partial charge in [0, 0.05) is 0 Å². The van der Waals surface area contributed by atoms with E-state index in [0.717, 1.165) is 35.5 Å². The van der Waals surface area contributed by atoms with Crippen LogP contribution in [0.5, 0.6) is 0 Å². The molecule has 0 saturated heterocycles. The van der Waals surface area contributed by atoms with E-state index in [2.05, 4.69) is 41.5 Å². The molecule has 2 aliphatic rings. The second kappa shape index (κ2) is 9.11. The first-order valence-corrected chi connectivity index (χ1v) is 9.40. The lowest BCUT2D eigenvalue weighted by Gasteiger charge is -2.29. The summed E-state index contributed by atoms with van der Waals surface area (Å²) in [6.45, 7) is 14.2. The van der Waals surface area contributed by atoms with Crippen molar-refractivity contribution in [2.24, 2.45) is 35.5 Å². The van der Waals surface area contributed by atoms with E-state index >= 15 is 0 Å². The second-order valence-corrected chi connectivity index (χ2v) is 8.55. The third-order valence-electron chi connectivity index (χ3n) is 5.84. The van der Waals surface area contributed by atoms with Gasteiger partial charge in [0.25, 0.3) is 0 Å². The standard InChI is InChI=1S/2C10H20/c2*1-8(2)10-6-4-5-9(3)7-10/h2*8-10H,4-7H2,1-3H3/t2*9-,10?/m10/s1. The molecule has 0 spiro atoms. The Balaban J connectivity index is 0.000000200. The Kier molecular flexibility index (Phi) is 8.22. The Morgan fingerprint density at radius 1 is 0.600 bits per heavy atom. The summed E-state index contributed by atoms with van der Waals surface area (Å²) in [5.41, 5.74) is 0. The molecule has 0 N–H and O–H groups in total. The van der Waals surface area contributed by atoms with Crippen LogP contribution in [0.15, 0.2) is 0 Å². The predicted octanol–water partition coefficient (Wildman–Crippen LogP) is 6.94. The first kappa shape index (κ1) is 18.1. The Morgan fingerprint density at radius 2 is 0.950 bits per heavy atom. The van der Waals surface area contributed by atoms with E-state index in [-0.39, 0.29) is 0 Å². The molecule has 2 aliphatic carbocycles. The fourth-order valence-corrected chi connectivity index (χ4v) is 4.17. The third kappa shape index (κ3) is 6.64. The minimum Gasteiger partial charge on any atom is -0.0625 e. The van der Waals surface area contributed by atoms with Gasteiger partial charge in [0.1, 0.15) is 0 Å². The van der Waals surface area contributed by atoms with Crippen molar-refractivity contribution < 1.29 is 0 Å². The highest BCUT2D eigenvalue weighted by Gasteiger charge is 2.21. The molecule has 0 amide bonds. The largest absolute Gasteiger partial charge is 0.0625 e. The van der Waals surface area contributed by atoms with Crippen molar-refractivity contribution in [2.45, 2.75) is 92.9 Å². The summed E-state index contributed by atoms with van der Waals surface area (Å²) >= 11 is 0. The zero-order valence-corrected chi connectivity index (χ0v) is 15.1. The van der Waals surface area contributed by atoms with Gasteiger partial charge in [0.05, 0.1) is 0 Å². The monoisotopic (exact) mass is 280 g/mol. The summed E-state index contributed by atoms with van der Waals surface area (Å²) < 4.78 is 0. The molecular formula is C20H40. The summed E-state index contributed by atoms with van der Waals surface area (Å²) in [6, 6.07) is 0. The summed E-state index contributed by atoms with van der Waals surface area (Å²) in [5.74, 6) is 5.90. The molecule has 0 nitrogen and oxygen atoms in total. The zero-order chi connectivity index (χ0) is 15.1. The first-order chi connectivity index (χ1) is 9.40. The van der Waals surface area contributed by atoms with Crippen LogP contribution >= 0.6 is 0 Å². The molecule has 0 aliphatic heterocycles. The van der Waals surface area contributed by atoms with Crippen molar-refractivity contribution in [3.63, 3.8) is 0 Å². The van der Waals surface area contributed by atoms with Crippen molar-refractivity contribution >= 4 is 0 Å². The topological polar surface area (TPSA) is 0 Å². The molecule has 120 valence electrons. The SMILES string of the molecule is CC(C)C1CCC[C@@H](C)C1.CC(C)C1CCC[C@H](C)C1. The van der Waals surface area contributed by atoms with E-state index in [9.17, 15) is 0 Å². The average Bonchev–Trinajstić information content (AvgIpc) is 2.39. The average molecular weight is 281 g/mol. The maximum Gasteiger partial charge on any atom is -0.0389 e. The van der Waals surface area contributed by atoms with Gasteiger partial charge in [-0.2, -0.15) is 0 Å². The lowest BCUT2D eigenvalue weighted by atomic mass is 9.77. The van der Waals surface area contributed by atoms with Gasteiger partial charge in [-0.05, 0) is 48.3 Å². The van der Waals surface area contributed by atoms with Gasteiger partial charge in [-0.3, -0.25) is 0 Å². The van der Waals surface area contributed by atoms with Crippen molar-refractivity contribution in [1.82, 2.24) is 0 Å². The van der Waals surface area contributed by atoms with Gasteiger partial charge in [-0.15, -0.1) is 0 Å². The molecule has 2 rings (SSSR count). The van der Waals surface area contributed by atoms with E-state index in [1.807, 2.05) is 0 Å². The van der Waals surface area contributed by atoms with Crippen LogP contribution < -0.4 is 0 Å². The van der Waals surface area contributed by atoms with E-state index in [1.165, 1.54) is 51.4 Å². The van der Waals surface area contributed by atoms with Gasteiger partial charge < -0.3 is 0 Å². The Labute approximate surface area is 129 Å². The van der Waals surface area contributed by atoms with Crippen molar-refractivity contribution in [2.75, 3.05) is 0 Å². The summed E-state index contributed by atoms with van der Waals surface area (Å²) in [4.78, 5) is 0. The second-order valence-electron chi connectivity index (χ2n) is 8.55. The zero-order valence-electron chi connectivity index (χ0n) is 15.1. The van der Waals surface area contributed by atoms with E-state index in [1.54, 1.807) is 0 Å². The van der Waals surface area contributed by atoms with Crippen LogP contribution in [0, 0.1) is 35.5 Å². The maximum atomic E-state index is 2.40. The van der Waals surface area contributed by atoms with Crippen LogP contribution in [0.2, 0.25) is 0 Å². The predicted molar refractivity (Wildman–Crippen MR) is 91.9 cm³/mol. The Bertz CT molecular complexity index is 214. The molecule has 0 radical (unpaired) electrons. The molecule has 2 saturated carbocycles. The normalized spacial score (nSPS) is 34.8. The lowest BCUT2D eigenvalue weighted by Crippen LogP contribution is -2.17. The fourth-order valence-electron chi connectivity index (χ4n) is 4.17. The van der Waals surface area contributed by atoms with E-state index in [4.69, 9.17) is 0 Å². The van der Waals surface area contributed by atoms with E-state index in [0.29, 0.717) is 0 Å². The Morgan fingerprint density at radius 3 is 1.15 bits per heavy atom. The molecule has 0 aromatic heterocycles. The van der Waals surface area contributed by atoms with Gasteiger partial charge in [0.2, 0.25) is 0 Å². The number of hydrogen-bond acceptors (Lipinski definition) is 0. The van der Waals surface area contributed by atoms with Gasteiger partial charge in [-0.25, -0.2) is 0 Å². The quantitative estimate of drug-likeness (QED) is 0.514. The smallest absolute Gasteiger partial charge is 0.0389 e. The minimum atomic E-state index is 0.919. The molecule has 0 aromatic rings. The van der Waals surface area contributed by atoms with Gasteiger partial charge in [-0.1, -0.05) is 80.1 Å². The van der Waals surface area contributed by atoms with Crippen LogP contribution in [0.4, 0.5) is 0 Å². The highest BCUT2D eigenvalue weighted by Crippen LogP contribution is 2.33. The molecule has 0 heteroatoms. The van der Waals surface area contributed by atoms with Crippen LogP contribution in [0.3, 0.4) is 0 Å². The van der Waals surface area contributed by atoms with Crippen LogP contribution in [0.25, 0.3) is 0 Å². The summed E-state index contributed by atoms with van der Waals surface area (Å²) in [7, 11) is 0. The Hall–Kier alpha value is 0. The summed E-state index contributed by atoms with van der Waals surface area (Å²) in [5, 5.41) is 0. The minimum absolute atomic E-state index is 0.919. The van der Waals surface area contributed by atoms with Crippen molar-refractivity contribution in [3.05, 3.63) is 0 Å².